The van der Waals surface area contributed by atoms with Crippen molar-refractivity contribution in [1.82, 2.24) is 10.2 Å². The standard InChI is InChI=1S/C20H22N4O2S2/c1-12-5-6-16(11-13(12)2)22-19-23-24-20(28-19)27-14(3)18(25)21-15-7-9-17(26-4)10-8-15/h5-11,14H,1-4H3,(H,21,25)(H,22,23). The number of rotatable bonds is 7. The van der Waals surface area contributed by atoms with Gasteiger partial charge in [0.05, 0.1) is 12.4 Å². The van der Waals surface area contributed by atoms with Gasteiger partial charge in [-0.15, -0.1) is 10.2 Å². The summed E-state index contributed by atoms with van der Waals surface area (Å²) in [5, 5.41) is 14.9. The zero-order chi connectivity index (χ0) is 20.1. The van der Waals surface area contributed by atoms with Crippen LogP contribution in [0.3, 0.4) is 0 Å². The lowest BCUT2D eigenvalue weighted by Gasteiger charge is -2.10. The van der Waals surface area contributed by atoms with Crippen molar-refractivity contribution in [1.29, 1.82) is 0 Å². The Labute approximate surface area is 172 Å². The number of amides is 1. The highest BCUT2D eigenvalue weighted by molar-refractivity contribution is 8.02. The summed E-state index contributed by atoms with van der Waals surface area (Å²) in [5.74, 6) is 0.659. The average Bonchev–Trinajstić information content (AvgIpc) is 3.12. The maximum absolute atomic E-state index is 12.4. The second-order valence-electron chi connectivity index (χ2n) is 6.27. The van der Waals surface area contributed by atoms with Gasteiger partial charge >= 0.3 is 0 Å². The second-order valence-corrected chi connectivity index (χ2v) is 8.84. The van der Waals surface area contributed by atoms with Crippen LogP contribution in [0.5, 0.6) is 5.75 Å². The van der Waals surface area contributed by atoms with Crippen LogP contribution in [-0.2, 0) is 4.79 Å². The number of nitrogens with one attached hydrogen (secondary N) is 2. The van der Waals surface area contributed by atoms with E-state index in [-0.39, 0.29) is 11.2 Å². The molecule has 3 aromatic rings. The van der Waals surface area contributed by atoms with Gasteiger partial charge in [-0.1, -0.05) is 29.2 Å². The summed E-state index contributed by atoms with van der Waals surface area (Å²) in [6.45, 7) is 6.00. The summed E-state index contributed by atoms with van der Waals surface area (Å²) in [4.78, 5) is 12.4. The molecule has 0 radical (unpaired) electrons. The molecule has 0 aliphatic rings. The van der Waals surface area contributed by atoms with Crippen molar-refractivity contribution >= 4 is 45.5 Å². The molecule has 1 aromatic heterocycles. The Kier molecular flexibility index (Phi) is 6.53. The van der Waals surface area contributed by atoms with Gasteiger partial charge in [-0.05, 0) is 68.3 Å². The summed E-state index contributed by atoms with van der Waals surface area (Å²) >= 11 is 2.81. The third-order valence-electron chi connectivity index (χ3n) is 4.17. The number of methoxy groups -OCH3 is 1. The van der Waals surface area contributed by atoms with Crippen LogP contribution in [0.1, 0.15) is 18.1 Å². The Balaban J connectivity index is 1.57. The smallest absolute Gasteiger partial charge is 0.237 e. The SMILES string of the molecule is COc1ccc(NC(=O)C(C)Sc2nnc(Nc3ccc(C)c(C)c3)s2)cc1. The van der Waals surface area contributed by atoms with Crippen molar-refractivity contribution in [3.8, 4) is 5.75 Å². The molecule has 0 aliphatic carbocycles. The van der Waals surface area contributed by atoms with Gasteiger partial charge in [0.15, 0.2) is 4.34 Å². The monoisotopic (exact) mass is 414 g/mol. The zero-order valence-corrected chi connectivity index (χ0v) is 17.8. The second kappa shape index (κ2) is 9.07. The molecule has 1 heterocycles. The fourth-order valence-corrected chi connectivity index (χ4v) is 4.29. The topological polar surface area (TPSA) is 76.1 Å². The summed E-state index contributed by atoms with van der Waals surface area (Å²) in [6, 6.07) is 13.4. The first-order valence-corrected chi connectivity index (χ1v) is 10.4. The van der Waals surface area contributed by atoms with Gasteiger partial charge in [0.2, 0.25) is 11.0 Å². The molecule has 0 fully saturated rings. The first-order valence-electron chi connectivity index (χ1n) is 8.74. The predicted octanol–water partition coefficient (Wildman–Crippen LogP) is 5.03. The van der Waals surface area contributed by atoms with Crippen molar-refractivity contribution in [2.45, 2.75) is 30.4 Å². The first kappa shape index (κ1) is 20.2. The Morgan fingerprint density at radius 2 is 1.79 bits per heavy atom. The van der Waals surface area contributed by atoms with Gasteiger partial charge in [-0.2, -0.15) is 0 Å². The summed E-state index contributed by atoms with van der Waals surface area (Å²) in [6.07, 6.45) is 0. The van der Waals surface area contributed by atoms with Gasteiger partial charge in [-0.3, -0.25) is 4.79 Å². The summed E-state index contributed by atoms with van der Waals surface area (Å²) in [7, 11) is 1.61. The maximum atomic E-state index is 12.4. The van der Waals surface area contributed by atoms with Gasteiger partial charge in [0.25, 0.3) is 0 Å². The van der Waals surface area contributed by atoms with Crippen LogP contribution >= 0.6 is 23.1 Å². The molecular weight excluding hydrogens is 392 g/mol. The highest BCUT2D eigenvalue weighted by Gasteiger charge is 2.17. The highest BCUT2D eigenvalue weighted by Crippen LogP contribution is 2.31. The number of hydrogen-bond donors (Lipinski definition) is 2. The number of carbonyl (C=O) groups excluding carboxylic acids is 1. The van der Waals surface area contributed by atoms with Gasteiger partial charge in [0, 0.05) is 11.4 Å². The molecule has 28 heavy (non-hydrogen) atoms. The minimum absolute atomic E-state index is 0.0889. The van der Waals surface area contributed by atoms with Crippen LogP contribution < -0.4 is 15.4 Å². The number of anilines is 3. The van der Waals surface area contributed by atoms with E-state index >= 15 is 0 Å². The average molecular weight is 415 g/mol. The van der Waals surface area contributed by atoms with Gasteiger partial charge < -0.3 is 15.4 Å². The molecule has 1 atom stereocenters. The predicted molar refractivity (Wildman–Crippen MR) is 116 cm³/mol. The number of hydrogen-bond acceptors (Lipinski definition) is 7. The largest absolute Gasteiger partial charge is 0.497 e. The molecule has 0 bridgehead atoms. The molecule has 0 saturated carbocycles. The van der Waals surface area contributed by atoms with Crippen molar-refractivity contribution in [3.05, 3.63) is 53.6 Å². The third-order valence-corrected chi connectivity index (χ3v) is 6.19. The van der Waals surface area contributed by atoms with Gasteiger partial charge in [-0.25, -0.2) is 0 Å². The molecular formula is C20H22N4O2S2. The van der Waals surface area contributed by atoms with E-state index in [1.807, 2.05) is 37.3 Å². The number of aromatic nitrogens is 2. The normalized spacial score (nSPS) is 11.7. The number of thioether (sulfide) groups is 1. The molecule has 6 nitrogen and oxygen atoms in total. The lowest BCUT2D eigenvalue weighted by atomic mass is 10.1. The molecule has 0 spiro atoms. The van der Waals surface area contributed by atoms with Crippen LogP contribution in [-0.4, -0.2) is 28.5 Å². The molecule has 3 rings (SSSR count). The number of carbonyl (C=O) groups is 1. The molecule has 146 valence electrons. The van der Waals surface area contributed by atoms with E-state index in [0.717, 1.165) is 21.5 Å². The fraction of sp³-hybridized carbons (Fsp3) is 0.250. The van der Waals surface area contributed by atoms with Crippen LogP contribution in [0, 0.1) is 13.8 Å². The highest BCUT2D eigenvalue weighted by atomic mass is 32.2. The van der Waals surface area contributed by atoms with Gasteiger partial charge in [0.1, 0.15) is 5.75 Å². The lowest BCUT2D eigenvalue weighted by molar-refractivity contribution is -0.115. The Morgan fingerprint density at radius 3 is 2.46 bits per heavy atom. The van der Waals surface area contributed by atoms with Crippen molar-refractivity contribution in [2.24, 2.45) is 0 Å². The van der Waals surface area contributed by atoms with Crippen molar-refractivity contribution in [3.63, 3.8) is 0 Å². The van der Waals surface area contributed by atoms with E-state index in [1.165, 1.54) is 34.2 Å². The van der Waals surface area contributed by atoms with E-state index in [0.29, 0.717) is 5.13 Å². The molecule has 0 aliphatic heterocycles. The maximum Gasteiger partial charge on any atom is 0.237 e. The molecule has 2 N–H and O–H groups in total. The summed E-state index contributed by atoms with van der Waals surface area (Å²) < 4.78 is 5.86. The molecule has 8 heteroatoms. The Hall–Kier alpha value is -2.58. The first-order chi connectivity index (χ1) is 13.4. The number of ether oxygens (including phenoxy) is 1. The van der Waals surface area contributed by atoms with Crippen molar-refractivity contribution < 1.29 is 9.53 Å². The minimum Gasteiger partial charge on any atom is -0.497 e. The van der Waals surface area contributed by atoms with Crippen molar-refractivity contribution in [2.75, 3.05) is 17.7 Å². The Bertz CT molecular complexity index is 957. The number of nitrogens with zero attached hydrogens (tertiary/aromatic N) is 2. The fourth-order valence-electron chi connectivity index (χ4n) is 2.37. The van der Waals surface area contributed by atoms with E-state index in [4.69, 9.17) is 4.74 Å². The molecule has 0 saturated heterocycles. The van der Waals surface area contributed by atoms with E-state index < -0.39 is 0 Å². The minimum atomic E-state index is -0.301. The Morgan fingerprint density at radius 1 is 1.07 bits per heavy atom. The molecule has 1 amide bonds. The number of benzene rings is 2. The molecule has 1 unspecified atom stereocenters. The third kappa shape index (κ3) is 5.24. The van der Waals surface area contributed by atoms with Crippen LogP contribution in [0.15, 0.2) is 46.8 Å². The van der Waals surface area contributed by atoms with Crippen LogP contribution in [0.4, 0.5) is 16.5 Å². The lowest BCUT2D eigenvalue weighted by Crippen LogP contribution is -2.22. The molecule has 2 aromatic carbocycles. The van der Waals surface area contributed by atoms with Crippen LogP contribution in [0.25, 0.3) is 0 Å². The summed E-state index contributed by atoms with van der Waals surface area (Å²) in [5.41, 5.74) is 4.16. The van der Waals surface area contributed by atoms with E-state index in [9.17, 15) is 4.79 Å². The zero-order valence-electron chi connectivity index (χ0n) is 16.1. The van der Waals surface area contributed by atoms with E-state index in [1.54, 1.807) is 7.11 Å². The van der Waals surface area contributed by atoms with Crippen LogP contribution in [0.2, 0.25) is 0 Å². The van der Waals surface area contributed by atoms with E-state index in [2.05, 4.69) is 46.8 Å². The number of aryl methyl sites for hydroxylation is 2. The quantitative estimate of drug-likeness (QED) is 0.528.